The molecule has 0 spiro atoms. The molecule has 3 rings (SSSR count). The van der Waals surface area contributed by atoms with E-state index >= 15 is 0 Å². The maximum Gasteiger partial charge on any atom is 0.261 e. The third-order valence-electron chi connectivity index (χ3n) is 5.31. The van der Waals surface area contributed by atoms with E-state index in [1.54, 1.807) is 6.92 Å². The first-order chi connectivity index (χ1) is 12.9. The largest absolute Gasteiger partial charge is 0.481 e. The van der Waals surface area contributed by atoms with Crippen LogP contribution in [-0.2, 0) is 11.3 Å². The zero-order valence-electron chi connectivity index (χ0n) is 16.8. The molecule has 144 valence electrons. The molecule has 0 aromatic heterocycles. The van der Waals surface area contributed by atoms with Crippen molar-refractivity contribution < 1.29 is 9.53 Å². The van der Waals surface area contributed by atoms with E-state index in [4.69, 9.17) is 4.74 Å². The van der Waals surface area contributed by atoms with Crippen molar-refractivity contribution in [3.05, 3.63) is 58.7 Å². The minimum absolute atomic E-state index is 0.0998. The van der Waals surface area contributed by atoms with Gasteiger partial charge < -0.3 is 15.0 Å². The van der Waals surface area contributed by atoms with E-state index < -0.39 is 6.10 Å². The van der Waals surface area contributed by atoms with Gasteiger partial charge in [0.2, 0.25) is 0 Å². The molecular weight excluding hydrogens is 336 g/mol. The van der Waals surface area contributed by atoms with Crippen LogP contribution in [0.3, 0.4) is 0 Å². The average molecular weight is 367 g/mol. The summed E-state index contributed by atoms with van der Waals surface area (Å²) in [7, 11) is 0. The number of anilines is 1. The molecule has 1 fully saturated rings. The first kappa shape index (κ1) is 19.3. The van der Waals surface area contributed by atoms with Crippen LogP contribution in [-0.4, -0.2) is 25.1 Å². The van der Waals surface area contributed by atoms with Crippen LogP contribution in [0.15, 0.2) is 36.4 Å². The minimum atomic E-state index is -0.534. The van der Waals surface area contributed by atoms with Crippen molar-refractivity contribution >= 4 is 11.6 Å². The Hall–Kier alpha value is -2.49. The molecule has 1 heterocycles. The fraction of sp³-hybridized carbons (Fsp3) is 0.435. The lowest BCUT2D eigenvalue weighted by molar-refractivity contribution is -0.127. The Balaban J connectivity index is 1.54. The molecule has 0 aliphatic carbocycles. The first-order valence-corrected chi connectivity index (χ1v) is 9.80. The maximum absolute atomic E-state index is 12.4. The standard InChI is InChI=1S/C23H30N2O2/c1-16-13-17(2)18(3)22(14-16)27-19(4)23(26)24-15-20-7-9-21(10-8-20)25-11-5-6-12-25/h7-10,13-14,19H,5-6,11-12,15H2,1-4H3,(H,24,26)/t19-/m1/s1. The monoisotopic (exact) mass is 366 g/mol. The van der Waals surface area contributed by atoms with Crippen molar-refractivity contribution in [1.29, 1.82) is 0 Å². The van der Waals surface area contributed by atoms with Crippen molar-refractivity contribution in [3.8, 4) is 5.75 Å². The molecule has 0 unspecified atom stereocenters. The normalized spacial score (nSPS) is 14.9. The van der Waals surface area contributed by atoms with Crippen molar-refractivity contribution in [2.45, 2.75) is 53.2 Å². The molecule has 4 nitrogen and oxygen atoms in total. The van der Waals surface area contributed by atoms with Crippen LogP contribution in [0.4, 0.5) is 5.69 Å². The highest BCUT2D eigenvalue weighted by Gasteiger charge is 2.16. The first-order valence-electron chi connectivity index (χ1n) is 9.80. The second kappa shape index (κ2) is 8.47. The summed E-state index contributed by atoms with van der Waals surface area (Å²) in [4.78, 5) is 14.8. The second-order valence-corrected chi connectivity index (χ2v) is 7.54. The Morgan fingerprint density at radius 3 is 2.44 bits per heavy atom. The molecule has 1 aliphatic rings. The molecule has 2 aromatic rings. The number of rotatable bonds is 6. The summed E-state index contributed by atoms with van der Waals surface area (Å²) in [5.41, 5.74) is 5.76. The van der Waals surface area contributed by atoms with Crippen LogP contribution in [0.5, 0.6) is 5.75 Å². The summed E-state index contributed by atoms with van der Waals surface area (Å²) >= 11 is 0. The van der Waals surface area contributed by atoms with Crippen LogP contribution in [0.25, 0.3) is 0 Å². The van der Waals surface area contributed by atoms with Gasteiger partial charge in [0.15, 0.2) is 6.10 Å². The van der Waals surface area contributed by atoms with Crippen molar-refractivity contribution in [3.63, 3.8) is 0 Å². The fourth-order valence-corrected chi connectivity index (χ4v) is 3.50. The van der Waals surface area contributed by atoms with Gasteiger partial charge in [-0.2, -0.15) is 0 Å². The Morgan fingerprint density at radius 1 is 1.11 bits per heavy atom. The van der Waals surface area contributed by atoms with Crippen LogP contribution in [0.1, 0.15) is 42.0 Å². The van der Waals surface area contributed by atoms with Gasteiger partial charge in [-0.15, -0.1) is 0 Å². The number of carbonyl (C=O) groups is 1. The van der Waals surface area contributed by atoms with Gasteiger partial charge in [0.25, 0.3) is 5.91 Å². The molecule has 1 N–H and O–H groups in total. The van der Waals surface area contributed by atoms with E-state index in [-0.39, 0.29) is 5.91 Å². The summed E-state index contributed by atoms with van der Waals surface area (Å²) in [6.45, 7) is 10.7. The lowest BCUT2D eigenvalue weighted by Gasteiger charge is -2.19. The molecule has 1 aliphatic heterocycles. The Bertz CT molecular complexity index is 793. The van der Waals surface area contributed by atoms with Gasteiger partial charge in [0.05, 0.1) is 0 Å². The van der Waals surface area contributed by atoms with Crippen LogP contribution in [0.2, 0.25) is 0 Å². The van der Waals surface area contributed by atoms with E-state index in [1.165, 1.54) is 24.1 Å². The lowest BCUT2D eigenvalue weighted by atomic mass is 10.1. The van der Waals surface area contributed by atoms with E-state index in [2.05, 4.69) is 47.5 Å². The summed E-state index contributed by atoms with van der Waals surface area (Å²) in [6.07, 6.45) is 2.01. The number of hydrogen-bond acceptors (Lipinski definition) is 3. The lowest BCUT2D eigenvalue weighted by Crippen LogP contribution is -2.36. The Kier molecular flexibility index (Phi) is 6.04. The summed E-state index contributed by atoms with van der Waals surface area (Å²) < 4.78 is 5.92. The third-order valence-corrected chi connectivity index (χ3v) is 5.31. The predicted molar refractivity (Wildman–Crippen MR) is 110 cm³/mol. The van der Waals surface area contributed by atoms with Crippen molar-refractivity contribution in [2.75, 3.05) is 18.0 Å². The summed E-state index contributed by atoms with van der Waals surface area (Å²) in [5.74, 6) is 0.683. The number of nitrogens with one attached hydrogen (secondary N) is 1. The fourth-order valence-electron chi connectivity index (χ4n) is 3.50. The maximum atomic E-state index is 12.4. The zero-order chi connectivity index (χ0) is 19.4. The van der Waals surface area contributed by atoms with Crippen LogP contribution in [0, 0.1) is 20.8 Å². The van der Waals surface area contributed by atoms with Crippen LogP contribution < -0.4 is 15.0 Å². The van der Waals surface area contributed by atoms with Gasteiger partial charge in [-0.1, -0.05) is 18.2 Å². The molecule has 27 heavy (non-hydrogen) atoms. The smallest absolute Gasteiger partial charge is 0.261 e. The molecule has 1 amide bonds. The molecule has 2 aromatic carbocycles. The summed E-state index contributed by atoms with van der Waals surface area (Å²) in [6, 6.07) is 12.6. The number of ether oxygens (including phenoxy) is 1. The molecule has 1 saturated heterocycles. The van der Waals surface area contributed by atoms with E-state index in [0.717, 1.165) is 35.5 Å². The quantitative estimate of drug-likeness (QED) is 0.829. The van der Waals surface area contributed by atoms with Gasteiger partial charge in [0.1, 0.15) is 5.75 Å². The Labute approximate surface area is 162 Å². The highest BCUT2D eigenvalue weighted by Crippen LogP contribution is 2.24. The number of nitrogens with zero attached hydrogens (tertiary/aromatic N) is 1. The SMILES string of the molecule is Cc1cc(C)c(C)c(O[C@H](C)C(=O)NCc2ccc(N3CCCC3)cc2)c1. The van der Waals surface area contributed by atoms with Gasteiger partial charge in [0, 0.05) is 25.3 Å². The van der Waals surface area contributed by atoms with Gasteiger partial charge in [-0.25, -0.2) is 0 Å². The van der Waals surface area contributed by atoms with E-state index in [9.17, 15) is 4.79 Å². The second-order valence-electron chi connectivity index (χ2n) is 7.54. The molecule has 0 radical (unpaired) electrons. The predicted octanol–water partition coefficient (Wildman–Crippen LogP) is 4.30. The molecule has 0 bridgehead atoms. The number of benzene rings is 2. The number of hydrogen-bond donors (Lipinski definition) is 1. The van der Waals surface area contributed by atoms with Crippen molar-refractivity contribution in [2.24, 2.45) is 0 Å². The van der Waals surface area contributed by atoms with Gasteiger partial charge >= 0.3 is 0 Å². The molecule has 0 saturated carbocycles. The van der Waals surface area contributed by atoms with Crippen LogP contribution >= 0.6 is 0 Å². The topological polar surface area (TPSA) is 41.6 Å². The third kappa shape index (κ3) is 4.82. The van der Waals surface area contributed by atoms with E-state index in [0.29, 0.717) is 6.54 Å². The Morgan fingerprint density at radius 2 is 1.78 bits per heavy atom. The average Bonchev–Trinajstić information content (AvgIpc) is 3.18. The number of aryl methyl sites for hydroxylation is 2. The molecular formula is C23H30N2O2. The van der Waals surface area contributed by atoms with E-state index in [1.807, 2.05) is 19.9 Å². The number of carbonyl (C=O) groups excluding carboxylic acids is 1. The highest BCUT2D eigenvalue weighted by atomic mass is 16.5. The molecule has 4 heteroatoms. The van der Waals surface area contributed by atoms with Gasteiger partial charge in [-0.05, 0) is 81.0 Å². The minimum Gasteiger partial charge on any atom is -0.481 e. The van der Waals surface area contributed by atoms with Crippen molar-refractivity contribution in [1.82, 2.24) is 5.32 Å². The summed E-state index contributed by atoms with van der Waals surface area (Å²) in [5, 5.41) is 2.98. The highest BCUT2D eigenvalue weighted by molar-refractivity contribution is 5.80. The van der Waals surface area contributed by atoms with Gasteiger partial charge in [-0.3, -0.25) is 4.79 Å². The number of amides is 1. The molecule has 1 atom stereocenters. The zero-order valence-corrected chi connectivity index (χ0v) is 16.8.